The second-order valence-corrected chi connectivity index (χ2v) is 4.47. The Labute approximate surface area is 120 Å². The topological polar surface area (TPSA) is 55.3 Å². The van der Waals surface area contributed by atoms with Crippen molar-refractivity contribution in [3.8, 4) is 0 Å². The van der Waals surface area contributed by atoms with Gasteiger partial charge in [-0.05, 0) is 25.1 Å². The van der Waals surface area contributed by atoms with Crippen LogP contribution in [0.1, 0.15) is 23.9 Å². The third kappa shape index (κ3) is 3.55. The molecule has 21 heavy (non-hydrogen) atoms. The van der Waals surface area contributed by atoms with Crippen LogP contribution in [0, 0.1) is 0 Å². The van der Waals surface area contributed by atoms with Crippen molar-refractivity contribution in [1.82, 2.24) is 4.98 Å². The molecule has 114 valence electrons. The number of hydrogen-bond donors (Lipinski definition) is 1. The van der Waals surface area contributed by atoms with Gasteiger partial charge in [-0.2, -0.15) is 13.2 Å². The molecule has 0 aliphatic rings. The van der Waals surface area contributed by atoms with Crippen molar-refractivity contribution >= 4 is 5.82 Å². The van der Waals surface area contributed by atoms with Gasteiger partial charge in [0.25, 0.3) is 0 Å². The Kier molecular flexibility index (Phi) is 4.52. The van der Waals surface area contributed by atoms with Gasteiger partial charge >= 0.3 is 6.18 Å². The number of aromatic nitrogens is 1. The maximum absolute atomic E-state index is 12.8. The van der Waals surface area contributed by atoms with E-state index in [-0.39, 0.29) is 12.4 Å². The molecule has 0 aromatic carbocycles. The molecule has 0 saturated heterocycles. The Morgan fingerprint density at radius 3 is 2.57 bits per heavy atom. The van der Waals surface area contributed by atoms with Gasteiger partial charge in [0.05, 0.1) is 12.8 Å². The van der Waals surface area contributed by atoms with E-state index in [9.17, 15) is 13.2 Å². The maximum Gasteiger partial charge on any atom is 0.433 e. The van der Waals surface area contributed by atoms with Crippen LogP contribution >= 0.6 is 0 Å². The highest BCUT2D eigenvalue weighted by Crippen LogP contribution is 2.31. The van der Waals surface area contributed by atoms with Crippen LogP contribution in [0.5, 0.6) is 0 Å². The molecule has 2 aromatic heterocycles. The van der Waals surface area contributed by atoms with Crippen molar-refractivity contribution in [1.29, 1.82) is 0 Å². The summed E-state index contributed by atoms with van der Waals surface area (Å²) >= 11 is 0. The van der Waals surface area contributed by atoms with Crippen molar-refractivity contribution in [3.63, 3.8) is 0 Å². The van der Waals surface area contributed by atoms with Gasteiger partial charge in [-0.15, -0.1) is 0 Å². The Hall–Kier alpha value is -2.02. The summed E-state index contributed by atoms with van der Waals surface area (Å²) in [5.41, 5.74) is 5.25. The van der Waals surface area contributed by atoms with E-state index in [2.05, 4.69) is 4.98 Å². The molecule has 2 N–H and O–H groups in total. The first-order valence-corrected chi connectivity index (χ1v) is 6.50. The van der Waals surface area contributed by atoms with Gasteiger partial charge in [0, 0.05) is 18.7 Å². The van der Waals surface area contributed by atoms with Crippen molar-refractivity contribution < 1.29 is 17.6 Å². The summed E-state index contributed by atoms with van der Waals surface area (Å²) in [4.78, 5) is 5.45. The van der Waals surface area contributed by atoms with E-state index in [1.54, 1.807) is 17.0 Å². The molecule has 0 aliphatic heterocycles. The first-order chi connectivity index (χ1) is 9.95. The number of alkyl halides is 3. The maximum atomic E-state index is 12.8. The number of nitrogens with two attached hydrogens (primary N) is 1. The summed E-state index contributed by atoms with van der Waals surface area (Å²) in [6, 6.07) is 5.81. The van der Waals surface area contributed by atoms with Crippen molar-refractivity contribution in [2.75, 3.05) is 11.4 Å². The Bertz CT molecular complexity index is 582. The summed E-state index contributed by atoms with van der Waals surface area (Å²) in [5.74, 6) is 0.894. The van der Waals surface area contributed by atoms with E-state index < -0.39 is 11.9 Å². The molecule has 0 fully saturated rings. The lowest BCUT2D eigenvalue weighted by atomic mass is 10.2. The van der Waals surface area contributed by atoms with E-state index >= 15 is 0 Å². The van der Waals surface area contributed by atoms with Crippen LogP contribution in [0.2, 0.25) is 0 Å². The fourth-order valence-electron chi connectivity index (χ4n) is 2.00. The zero-order chi connectivity index (χ0) is 15.5. The van der Waals surface area contributed by atoms with Gasteiger partial charge in [0.15, 0.2) is 0 Å². The smallest absolute Gasteiger partial charge is 0.433 e. The second-order valence-electron chi connectivity index (χ2n) is 4.47. The monoisotopic (exact) mass is 299 g/mol. The van der Waals surface area contributed by atoms with E-state index in [0.717, 1.165) is 6.07 Å². The number of furan rings is 1. The number of halogens is 3. The van der Waals surface area contributed by atoms with E-state index in [0.29, 0.717) is 24.4 Å². The molecule has 0 spiro atoms. The molecule has 7 heteroatoms. The van der Waals surface area contributed by atoms with Gasteiger partial charge < -0.3 is 15.1 Å². The molecule has 0 aliphatic carbocycles. The highest BCUT2D eigenvalue weighted by atomic mass is 19.4. The van der Waals surface area contributed by atoms with E-state index in [4.69, 9.17) is 10.2 Å². The van der Waals surface area contributed by atoms with Crippen LogP contribution in [0.3, 0.4) is 0 Å². The lowest BCUT2D eigenvalue weighted by Gasteiger charge is -2.24. The first-order valence-electron chi connectivity index (χ1n) is 6.50. The fraction of sp³-hybridized carbons (Fsp3) is 0.357. The molecule has 0 radical (unpaired) electrons. The molecule has 0 atom stereocenters. The highest BCUT2D eigenvalue weighted by molar-refractivity contribution is 5.48. The third-order valence-corrected chi connectivity index (χ3v) is 3.07. The lowest BCUT2D eigenvalue weighted by molar-refractivity contribution is -0.141. The zero-order valence-electron chi connectivity index (χ0n) is 11.5. The summed E-state index contributed by atoms with van der Waals surface area (Å²) in [6.07, 6.45) is -2.96. The Morgan fingerprint density at radius 1 is 1.29 bits per heavy atom. The number of rotatable bonds is 5. The van der Waals surface area contributed by atoms with Crippen LogP contribution < -0.4 is 10.6 Å². The van der Waals surface area contributed by atoms with Crippen LogP contribution in [0.25, 0.3) is 0 Å². The van der Waals surface area contributed by atoms with Crippen LogP contribution in [-0.4, -0.2) is 11.5 Å². The average Bonchev–Trinajstić information content (AvgIpc) is 2.96. The molecule has 2 aromatic rings. The van der Waals surface area contributed by atoms with Gasteiger partial charge in [0.2, 0.25) is 0 Å². The Balaban J connectivity index is 2.38. The minimum absolute atomic E-state index is 0.120. The quantitative estimate of drug-likeness (QED) is 0.921. The molecule has 0 bridgehead atoms. The van der Waals surface area contributed by atoms with Gasteiger partial charge in [-0.1, -0.05) is 6.07 Å². The summed E-state index contributed by atoms with van der Waals surface area (Å²) in [5, 5.41) is 0. The Morgan fingerprint density at radius 2 is 2.05 bits per heavy atom. The van der Waals surface area contributed by atoms with Gasteiger partial charge in [0.1, 0.15) is 17.3 Å². The molecule has 0 unspecified atom stereocenters. The van der Waals surface area contributed by atoms with E-state index in [1.807, 2.05) is 6.92 Å². The normalized spacial score (nSPS) is 11.7. The van der Waals surface area contributed by atoms with Crippen molar-refractivity contribution in [2.24, 2.45) is 5.73 Å². The highest BCUT2D eigenvalue weighted by Gasteiger charge is 2.33. The van der Waals surface area contributed by atoms with Gasteiger partial charge in [-0.25, -0.2) is 4.98 Å². The predicted octanol–water partition coefficient (Wildman–Crippen LogP) is 3.18. The summed E-state index contributed by atoms with van der Waals surface area (Å²) in [7, 11) is 0. The molecule has 2 rings (SSSR count). The molecular formula is C14H16F3N3O. The minimum atomic E-state index is -4.48. The first kappa shape index (κ1) is 15.4. The van der Waals surface area contributed by atoms with Crippen LogP contribution in [0.4, 0.5) is 19.0 Å². The third-order valence-electron chi connectivity index (χ3n) is 3.07. The number of nitrogens with zero attached hydrogens (tertiary/aromatic N) is 2. The molecule has 2 heterocycles. The largest absolute Gasteiger partial charge is 0.467 e. The fourth-order valence-corrected chi connectivity index (χ4v) is 2.00. The van der Waals surface area contributed by atoms with Crippen molar-refractivity contribution in [3.05, 3.63) is 47.5 Å². The standard InChI is InChI=1S/C14H16F3N3O/c1-2-20(9-11-4-3-7-21-11)13-10(8-18)5-6-12(19-13)14(15,16)17/h3-7H,2,8-9,18H2,1H3. The lowest BCUT2D eigenvalue weighted by Crippen LogP contribution is -2.26. The SMILES string of the molecule is CCN(Cc1ccco1)c1nc(C(F)(F)F)ccc1CN. The zero-order valence-corrected chi connectivity index (χ0v) is 11.5. The average molecular weight is 299 g/mol. The molecule has 0 amide bonds. The number of pyridine rings is 1. The predicted molar refractivity (Wildman–Crippen MR) is 72.6 cm³/mol. The van der Waals surface area contributed by atoms with Gasteiger partial charge in [-0.3, -0.25) is 0 Å². The van der Waals surface area contributed by atoms with Crippen LogP contribution in [-0.2, 0) is 19.3 Å². The minimum Gasteiger partial charge on any atom is -0.467 e. The van der Waals surface area contributed by atoms with E-state index in [1.165, 1.54) is 12.3 Å². The van der Waals surface area contributed by atoms with Crippen LogP contribution in [0.15, 0.2) is 34.9 Å². The number of hydrogen-bond acceptors (Lipinski definition) is 4. The molecular weight excluding hydrogens is 283 g/mol. The van der Waals surface area contributed by atoms with Crippen molar-refractivity contribution in [2.45, 2.75) is 26.2 Å². The summed E-state index contributed by atoms with van der Waals surface area (Å²) in [6.45, 7) is 2.78. The molecule has 0 saturated carbocycles. The molecule has 4 nitrogen and oxygen atoms in total. The number of anilines is 1. The second kappa shape index (κ2) is 6.17. The summed E-state index contributed by atoms with van der Waals surface area (Å²) < 4.78 is 43.7.